The van der Waals surface area contributed by atoms with E-state index < -0.39 is 18.0 Å². The fraction of sp³-hybridized carbons (Fsp3) is 0.0968. The maximum absolute atomic E-state index is 12.4. The molecule has 6 nitrogen and oxygen atoms in total. The Labute approximate surface area is 215 Å². The molecule has 0 heterocycles. The van der Waals surface area contributed by atoms with Gasteiger partial charge in [0, 0.05) is 0 Å². The van der Waals surface area contributed by atoms with Gasteiger partial charge >= 0.3 is 0 Å². The molecule has 0 saturated carbocycles. The fourth-order valence-corrected chi connectivity index (χ4v) is 3.64. The van der Waals surface area contributed by atoms with Crippen molar-refractivity contribution in [2.24, 2.45) is 0 Å². The quantitative estimate of drug-likeness (QED) is 0.148. The van der Waals surface area contributed by atoms with Gasteiger partial charge in [-0.3, -0.25) is 9.59 Å². The molecule has 2 N–H and O–H groups in total. The number of ether oxygens (including phenoxy) is 2. The highest BCUT2D eigenvalue weighted by molar-refractivity contribution is 6.14. The second-order valence-electron chi connectivity index (χ2n) is 8.33. The average Bonchev–Trinajstić information content (AvgIpc) is 2.91. The van der Waals surface area contributed by atoms with Crippen molar-refractivity contribution in [3.05, 3.63) is 125 Å². The number of carbonyl (C=O) groups excluding carboxylic acids is 2. The van der Waals surface area contributed by atoms with Crippen LogP contribution < -0.4 is 9.47 Å². The Balaban J connectivity index is 1.47. The van der Waals surface area contributed by atoms with E-state index in [-0.39, 0.29) is 17.1 Å². The van der Waals surface area contributed by atoms with Crippen LogP contribution in [0.3, 0.4) is 0 Å². The first-order chi connectivity index (χ1) is 18.0. The molecule has 186 valence electrons. The van der Waals surface area contributed by atoms with Crippen LogP contribution in [0.25, 0.3) is 6.08 Å². The molecule has 0 spiro atoms. The highest BCUT2D eigenvalue weighted by Gasteiger charge is 2.18. The Hall–Kier alpha value is -4.84. The Kier molecular flexibility index (Phi) is 8.34. The molecule has 0 radical (unpaired) electrons. The Bertz CT molecular complexity index is 1370. The molecule has 4 rings (SSSR count). The minimum absolute atomic E-state index is 0.263. The summed E-state index contributed by atoms with van der Waals surface area (Å²) in [4.78, 5) is 24.8. The van der Waals surface area contributed by atoms with Gasteiger partial charge in [0.25, 0.3) is 0 Å². The number of hydrogen-bond acceptors (Lipinski definition) is 6. The summed E-state index contributed by atoms with van der Waals surface area (Å²) in [5.74, 6) is -0.787. The van der Waals surface area contributed by atoms with Gasteiger partial charge in [0.15, 0.2) is 23.1 Å². The Morgan fingerprint density at radius 1 is 0.676 bits per heavy atom. The zero-order chi connectivity index (χ0) is 26.0. The summed E-state index contributed by atoms with van der Waals surface area (Å²) in [7, 11) is 0. The molecule has 4 aromatic carbocycles. The van der Waals surface area contributed by atoms with Crippen LogP contribution in [0.5, 0.6) is 23.0 Å². The average molecular weight is 495 g/mol. The van der Waals surface area contributed by atoms with E-state index in [2.05, 4.69) is 0 Å². The zero-order valence-electron chi connectivity index (χ0n) is 20.0. The number of phenols is 2. The van der Waals surface area contributed by atoms with Crippen LogP contribution in [0.1, 0.15) is 33.5 Å². The second kappa shape index (κ2) is 12.2. The van der Waals surface area contributed by atoms with Crippen molar-refractivity contribution in [2.75, 3.05) is 0 Å². The highest BCUT2D eigenvalue weighted by Crippen LogP contribution is 2.31. The van der Waals surface area contributed by atoms with Crippen molar-refractivity contribution in [2.45, 2.75) is 19.6 Å². The molecular formula is C31H26O6. The second-order valence-corrected chi connectivity index (χ2v) is 8.33. The molecule has 0 atom stereocenters. The van der Waals surface area contributed by atoms with Crippen molar-refractivity contribution in [3.63, 3.8) is 0 Å². The van der Waals surface area contributed by atoms with Gasteiger partial charge in [-0.15, -0.1) is 0 Å². The van der Waals surface area contributed by atoms with Crippen LogP contribution in [-0.2, 0) is 18.0 Å². The van der Waals surface area contributed by atoms with E-state index in [4.69, 9.17) is 9.47 Å². The molecule has 0 bridgehead atoms. The lowest BCUT2D eigenvalue weighted by Gasteiger charge is -2.14. The topological polar surface area (TPSA) is 93.1 Å². The van der Waals surface area contributed by atoms with E-state index in [1.165, 1.54) is 24.3 Å². The molecule has 0 saturated heterocycles. The van der Waals surface area contributed by atoms with Gasteiger partial charge in [-0.1, -0.05) is 78.9 Å². The normalized spacial score (nSPS) is 10.8. The van der Waals surface area contributed by atoms with E-state index in [9.17, 15) is 19.8 Å². The first-order valence-corrected chi connectivity index (χ1v) is 11.7. The van der Waals surface area contributed by atoms with Crippen LogP contribution >= 0.6 is 0 Å². The first kappa shape index (κ1) is 25.3. The number of rotatable bonds is 11. The lowest BCUT2D eigenvalue weighted by Crippen LogP contribution is -2.06. The van der Waals surface area contributed by atoms with E-state index in [1.807, 2.05) is 60.7 Å². The van der Waals surface area contributed by atoms with Crippen molar-refractivity contribution in [3.8, 4) is 23.0 Å². The minimum atomic E-state index is -0.665. The van der Waals surface area contributed by atoms with Gasteiger partial charge in [0.2, 0.25) is 0 Å². The summed E-state index contributed by atoms with van der Waals surface area (Å²) in [6, 6.07) is 28.8. The van der Waals surface area contributed by atoms with E-state index in [0.717, 1.165) is 11.1 Å². The van der Waals surface area contributed by atoms with Gasteiger partial charge in [-0.05, 0) is 47.0 Å². The van der Waals surface area contributed by atoms with Crippen LogP contribution in [0, 0.1) is 0 Å². The number of hydrogen-bond donors (Lipinski definition) is 2. The summed E-state index contributed by atoms with van der Waals surface area (Å²) < 4.78 is 12.1. The summed E-state index contributed by atoms with van der Waals surface area (Å²) in [5.41, 5.74) is 2.44. The van der Waals surface area contributed by atoms with Gasteiger partial charge in [0.05, 0.1) is 6.42 Å². The molecular weight excluding hydrogens is 468 g/mol. The largest absolute Gasteiger partial charge is 0.507 e. The molecule has 4 aromatic rings. The molecule has 0 fully saturated rings. The zero-order valence-corrected chi connectivity index (χ0v) is 20.0. The first-order valence-electron chi connectivity index (χ1n) is 11.7. The predicted molar refractivity (Wildman–Crippen MR) is 141 cm³/mol. The van der Waals surface area contributed by atoms with E-state index in [0.29, 0.717) is 30.3 Å². The molecule has 0 aromatic heterocycles. The fourth-order valence-electron chi connectivity index (χ4n) is 3.64. The predicted octanol–water partition coefficient (Wildman–Crippen LogP) is 6.11. The lowest BCUT2D eigenvalue weighted by molar-refractivity contribution is -0.113. The third-order valence-corrected chi connectivity index (χ3v) is 5.54. The number of ketones is 2. The van der Waals surface area contributed by atoms with E-state index in [1.54, 1.807) is 24.3 Å². The van der Waals surface area contributed by atoms with Crippen LogP contribution in [-0.4, -0.2) is 21.8 Å². The number of aromatic hydroxyl groups is 2. The number of benzene rings is 4. The molecule has 0 amide bonds. The smallest absolute Gasteiger partial charge is 0.178 e. The summed E-state index contributed by atoms with van der Waals surface area (Å²) >= 11 is 0. The molecule has 0 unspecified atom stereocenters. The van der Waals surface area contributed by atoms with Gasteiger partial charge in [0.1, 0.15) is 30.3 Å². The number of Topliss-reactive ketones (excluding diaryl/α,β-unsaturated/α-hetero) is 1. The summed E-state index contributed by atoms with van der Waals surface area (Å²) in [6.07, 6.45) is 2.38. The molecule has 0 aliphatic rings. The SMILES string of the molecule is O=C(/C=C/c1ccc(OCc2ccccc2)c(OCc2ccccc2)c1)CC(=O)c1c(O)cccc1O. The summed E-state index contributed by atoms with van der Waals surface area (Å²) in [6.45, 7) is 0.713. The maximum atomic E-state index is 12.4. The number of carbonyl (C=O) groups is 2. The van der Waals surface area contributed by atoms with Crippen molar-refractivity contribution >= 4 is 17.6 Å². The van der Waals surface area contributed by atoms with Crippen molar-refractivity contribution in [1.82, 2.24) is 0 Å². The van der Waals surface area contributed by atoms with Crippen LogP contribution in [0.15, 0.2) is 103 Å². The van der Waals surface area contributed by atoms with Crippen molar-refractivity contribution < 1.29 is 29.3 Å². The monoisotopic (exact) mass is 494 g/mol. The Morgan fingerprint density at radius 3 is 1.84 bits per heavy atom. The highest BCUT2D eigenvalue weighted by atomic mass is 16.5. The van der Waals surface area contributed by atoms with Crippen LogP contribution in [0.4, 0.5) is 0 Å². The van der Waals surface area contributed by atoms with Gasteiger partial charge in [-0.2, -0.15) is 0 Å². The molecule has 0 aliphatic heterocycles. The molecule has 6 heteroatoms. The van der Waals surface area contributed by atoms with Crippen LogP contribution in [0.2, 0.25) is 0 Å². The van der Waals surface area contributed by atoms with Crippen molar-refractivity contribution in [1.29, 1.82) is 0 Å². The third-order valence-electron chi connectivity index (χ3n) is 5.54. The standard InChI is InChI=1S/C31H26O6/c32-25(19-28(35)31-26(33)12-7-13-27(31)34)16-14-22-15-17-29(36-20-23-8-3-1-4-9-23)30(18-22)37-21-24-10-5-2-6-11-24/h1-18,33-34H,19-21H2/b16-14+. The molecule has 37 heavy (non-hydrogen) atoms. The minimum Gasteiger partial charge on any atom is -0.507 e. The molecule has 0 aliphatic carbocycles. The van der Waals surface area contributed by atoms with E-state index >= 15 is 0 Å². The number of phenolic OH excluding ortho intramolecular Hbond substituents is 2. The summed E-state index contributed by atoms with van der Waals surface area (Å²) in [5, 5.41) is 19.7. The maximum Gasteiger partial charge on any atom is 0.178 e. The third kappa shape index (κ3) is 7.08. The van der Waals surface area contributed by atoms with Gasteiger partial charge < -0.3 is 19.7 Å². The Morgan fingerprint density at radius 2 is 1.24 bits per heavy atom. The van der Waals surface area contributed by atoms with Gasteiger partial charge in [-0.25, -0.2) is 0 Å². The lowest BCUT2D eigenvalue weighted by atomic mass is 10.0. The number of allylic oxidation sites excluding steroid dienone is 1.